The fraction of sp³-hybridized carbons (Fsp3) is 0.231. The van der Waals surface area contributed by atoms with E-state index in [9.17, 15) is 4.79 Å². The summed E-state index contributed by atoms with van der Waals surface area (Å²) < 4.78 is 1.47. The van der Waals surface area contributed by atoms with Gasteiger partial charge in [-0.05, 0) is 25.5 Å². The van der Waals surface area contributed by atoms with Crippen molar-refractivity contribution in [3.05, 3.63) is 41.1 Å². The largest absolute Gasteiger partial charge is 0.383 e. The maximum Gasteiger partial charge on any atom is 0.261 e. The monoisotopic (exact) mass is 244 g/mol. The van der Waals surface area contributed by atoms with Gasteiger partial charge < -0.3 is 11.1 Å². The van der Waals surface area contributed by atoms with Gasteiger partial charge in [0.2, 0.25) is 0 Å². The summed E-state index contributed by atoms with van der Waals surface area (Å²) in [7, 11) is 1.70. The van der Waals surface area contributed by atoms with Crippen molar-refractivity contribution in [2.75, 3.05) is 11.1 Å². The molecule has 0 aliphatic carbocycles. The van der Waals surface area contributed by atoms with Crippen LogP contribution in [0, 0.1) is 13.8 Å². The Morgan fingerprint density at radius 1 is 1.39 bits per heavy atom. The van der Waals surface area contributed by atoms with Crippen LogP contribution in [0.4, 0.5) is 11.5 Å². The molecule has 1 heterocycles. The second kappa shape index (κ2) is 4.52. The molecule has 18 heavy (non-hydrogen) atoms. The van der Waals surface area contributed by atoms with Gasteiger partial charge in [0.25, 0.3) is 5.91 Å². The van der Waals surface area contributed by atoms with Gasteiger partial charge in [-0.15, -0.1) is 0 Å². The first-order valence-electron chi connectivity index (χ1n) is 5.65. The first-order valence-corrected chi connectivity index (χ1v) is 5.65. The zero-order valence-corrected chi connectivity index (χ0v) is 10.7. The number of amides is 1. The number of benzene rings is 1. The molecule has 0 radical (unpaired) electrons. The number of carbonyl (C=O) groups excluding carboxylic acids is 1. The number of aryl methyl sites for hydroxylation is 3. The topological polar surface area (TPSA) is 72.9 Å². The molecule has 2 aromatic rings. The van der Waals surface area contributed by atoms with Gasteiger partial charge in [0.1, 0.15) is 11.4 Å². The van der Waals surface area contributed by atoms with E-state index in [2.05, 4.69) is 10.4 Å². The number of nitrogens with one attached hydrogen (secondary N) is 1. The molecule has 0 saturated heterocycles. The van der Waals surface area contributed by atoms with Crippen LogP contribution in [0.2, 0.25) is 0 Å². The second-order valence-electron chi connectivity index (χ2n) is 4.34. The number of nitrogen functional groups attached to an aromatic ring is 1. The molecule has 0 aliphatic heterocycles. The van der Waals surface area contributed by atoms with E-state index in [0.717, 1.165) is 16.8 Å². The highest BCUT2D eigenvalue weighted by Crippen LogP contribution is 2.18. The number of anilines is 2. The molecule has 0 bridgehead atoms. The highest BCUT2D eigenvalue weighted by atomic mass is 16.1. The third-order valence-corrected chi connectivity index (χ3v) is 2.86. The maximum atomic E-state index is 12.0. The van der Waals surface area contributed by atoms with E-state index in [4.69, 9.17) is 5.73 Å². The van der Waals surface area contributed by atoms with Crippen LogP contribution in [0.5, 0.6) is 0 Å². The molecule has 0 aliphatic rings. The van der Waals surface area contributed by atoms with Crippen molar-refractivity contribution in [2.24, 2.45) is 7.05 Å². The fourth-order valence-corrected chi connectivity index (χ4v) is 1.77. The van der Waals surface area contributed by atoms with E-state index < -0.39 is 0 Å². The van der Waals surface area contributed by atoms with Crippen LogP contribution >= 0.6 is 0 Å². The average Bonchev–Trinajstić information content (AvgIpc) is 2.64. The molecular formula is C13H16N4O. The smallest absolute Gasteiger partial charge is 0.261 e. The van der Waals surface area contributed by atoms with Crippen LogP contribution in [-0.2, 0) is 7.05 Å². The van der Waals surface area contributed by atoms with E-state index in [1.54, 1.807) is 7.05 Å². The number of hydrogen-bond acceptors (Lipinski definition) is 3. The van der Waals surface area contributed by atoms with Crippen LogP contribution in [0.1, 0.15) is 21.5 Å². The molecule has 2 rings (SSSR count). The summed E-state index contributed by atoms with van der Waals surface area (Å²) in [5.41, 5.74) is 9.11. The molecule has 0 spiro atoms. The summed E-state index contributed by atoms with van der Waals surface area (Å²) in [6.45, 7) is 3.97. The number of nitrogens with zero attached hydrogens (tertiary/aromatic N) is 2. The summed E-state index contributed by atoms with van der Waals surface area (Å²) in [4.78, 5) is 12.0. The van der Waals surface area contributed by atoms with Crippen molar-refractivity contribution < 1.29 is 4.79 Å². The van der Waals surface area contributed by atoms with Crippen LogP contribution in [-0.4, -0.2) is 15.7 Å². The van der Waals surface area contributed by atoms with Gasteiger partial charge in [0.15, 0.2) is 0 Å². The third-order valence-electron chi connectivity index (χ3n) is 2.86. The molecule has 3 N–H and O–H groups in total. The Hall–Kier alpha value is -2.30. The van der Waals surface area contributed by atoms with E-state index in [-0.39, 0.29) is 5.91 Å². The highest BCUT2D eigenvalue weighted by Gasteiger charge is 2.14. The van der Waals surface area contributed by atoms with E-state index in [1.807, 2.05) is 32.0 Å². The number of nitrogens with two attached hydrogens (primary N) is 1. The van der Waals surface area contributed by atoms with Crippen LogP contribution in [0.3, 0.4) is 0 Å². The molecule has 94 valence electrons. The van der Waals surface area contributed by atoms with Gasteiger partial charge in [-0.25, -0.2) is 0 Å². The lowest BCUT2D eigenvalue weighted by molar-refractivity contribution is 0.102. The summed E-state index contributed by atoms with van der Waals surface area (Å²) in [6.07, 6.45) is 1.47. The normalized spacial score (nSPS) is 10.4. The Morgan fingerprint density at radius 2 is 2.11 bits per heavy atom. The van der Waals surface area contributed by atoms with E-state index in [1.165, 1.54) is 10.9 Å². The van der Waals surface area contributed by atoms with Gasteiger partial charge in [0, 0.05) is 12.7 Å². The molecule has 0 atom stereocenters. The Kier molecular flexibility index (Phi) is 3.06. The molecule has 5 heteroatoms. The molecular weight excluding hydrogens is 228 g/mol. The lowest BCUT2D eigenvalue weighted by Gasteiger charge is -2.08. The first kappa shape index (κ1) is 12.2. The summed E-state index contributed by atoms with van der Waals surface area (Å²) in [5.74, 6) is 0.116. The number of aromatic nitrogens is 2. The van der Waals surface area contributed by atoms with Crippen molar-refractivity contribution in [1.29, 1.82) is 0 Å². The predicted octanol–water partition coefficient (Wildman–Crippen LogP) is 1.87. The Bertz CT molecular complexity index is 601. The average molecular weight is 244 g/mol. The Morgan fingerprint density at radius 3 is 2.67 bits per heavy atom. The quantitative estimate of drug-likeness (QED) is 0.847. The number of carbonyl (C=O) groups is 1. The van der Waals surface area contributed by atoms with Gasteiger partial charge in [-0.2, -0.15) is 5.10 Å². The SMILES string of the molecule is Cc1ccc(NC(=O)c2cnn(C)c2N)c(C)c1. The van der Waals surface area contributed by atoms with Gasteiger partial charge in [0.05, 0.1) is 6.20 Å². The van der Waals surface area contributed by atoms with Crippen LogP contribution < -0.4 is 11.1 Å². The zero-order valence-electron chi connectivity index (χ0n) is 10.7. The van der Waals surface area contributed by atoms with Crippen molar-refractivity contribution in [2.45, 2.75) is 13.8 Å². The molecule has 1 amide bonds. The highest BCUT2D eigenvalue weighted by molar-refractivity contribution is 6.07. The molecule has 0 fully saturated rings. The maximum absolute atomic E-state index is 12.0. The predicted molar refractivity (Wildman–Crippen MR) is 71.5 cm³/mol. The van der Waals surface area contributed by atoms with Crippen molar-refractivity contribution >= 4 is 17.4 Å². The first-order chi connectivity index (χ1) is 8.49. The fourth-order valence-electron chi connectivity index (χ4n) is 1.77. The van der Waals surface area contributed by atoms with Gasteiger partial charge in [-0.3, -0.25) is 9.48 Å². The van der Waals surface area contributed by atoms with Gasteiger partial charge in [-0.1, -0.05) is 17.7 Å². The van der Waals surface area contributed by atoms with Crippen LogP contribution in [0.15, 0.2) is 24.4 Å². The lowest BCUT2D eigenvalue weighted by atomic mass is 10.1. The Balaban J connectivity index is 2.24. The van der Waals surface area contributed by atoms with Crippen molar-refractivity contribution in [1.82, 2.24) is 9.78 Å². The van der Waals surface area contributed by atoms with Crippen molar-refractivity contribution in [3.8, 4) is 0 Å². The lowest BCUT2D eigenvalue weighted by Crippen LogP contribution is -2.14. The minimum atomic E-state index is -0.243. The second-order valence-corrected chi connectivity index (χ2v) is 4.34. The molecule has 1 aromatic carbocycles. The van der Waals surface area contributed by atoms with E-state index in [0.29, 0.717) is 11.4 Å². The number of hydrogen-bond donors (Lipinski definition) is 2. The molecule has 0 unspecified atom stereocenters. The van der Waals surface area contributed by atoms with Crippen LogP contribution in [0.25, 0.3) is 0 Å². The Labute approximate surface area is 106 Å². The van der Waals surface area contributed by atoms with Gasteiger partial charge >= 0.3 is 0 Å². The third kappa shape index (κ3) is 2.20. The summed E-state index contributed by atoms with van der Waals surface area (Å²) in [5, 5.41) is 6.78. The molecule has 1 aromatic heterocycles. The summed E-state index contributed by atoms with van der Waals surface area (Å²) in [6, 6.07) is 5.85. The number of rotatable bonds is 2. The molecule has 0 saturated carbocycles. The minimum Gasteiger partial charge on any atom is -0.383 e. The van der Waals surface area contributed by atoms with Crippen molar-refractivity contribution in [3.63, 3.8) is 0 Å². The van der Waals surface area contributed by atoms with E-state index >= 15 is 0 Å². The zero-order chi connectivity index (χ0) is 13.3. The minimum absolute atomic E-state index is 0.243. The standard InChI is InChI=1S/C13H16N4O/c1-8-4-5-11(9(2)6-8)16-13(18)10-7-15-17(3)12(10)14/h4-7H,14H2,1-3H3,(H,16,18). The molecule has 5 nitrogen and oxygen atoms in total. The summed E-state index contributed by atoms with van der Waals surface area (Å²) >= 11 is 0.